The van der Waals surface area contributed by atoms with Gasteiger partial charge in [0, 0.05) is 6.42 Å². The Labute approximate surface area is 124 Å². The van der Waals surface area contributed by atoms with E-state index in [1.807, 2.05) is 18.2 Å². The lowest BCUT2D eigenvalue weighted by Gasteiger charge is -2.14. The summed E-state index contributed by atoms with van der Waals surface area (Å²) in [6.45, 7) is 2.21. The molecule has 0 amide bonds. The van der Waals surface area contributed by atoms with Crippen molar-refractivity contribution in [3.05, 3.63) is 70.8 Å². The van der Waals surface area contributed by atoms with Crippen LogP contribution in [0.2, 0.25) is 0 Å². The fourth-order valence-corrected chi connectivity index (χ4v) is 2.58. The predicted molar refractivity (Wildman–Crippen MR) is 80.2 cm³/mol. The standard InChI is InChI=1S/C9H8O2.C9H10O/c10-9-8-4-2-1-3-7(8)5-6-11-9;1-2-4-9-7-10-6-5-8(9)3-1/h1-4H,5-6H2;1-4H,5-7H2. The van der Waals surface area contributed by atoms with Crippen LogP contribution in [0.3, 0.4) is 0 Å². The molecule has 0 unspecified atom stereocenters. The van der Waals surface area contributed by atoms with Crippen molar-refractivity contribution in [2.24, 2.45) is 0 Å². The number of ether oxygens (including phenoxy) is 2. The summed E-state index contributed by atoms with van der Waals surface area (Å²) in [6.07, 6.45) is 1.93. The second kappa shape index (κ2) is 6.55. The molecule has 108 valence electrons. The predicted octanol–water partition coefficient (Wildman–Crippen LogP) is 3.16. The maximum atomic E-state index is 11.1. The molecule has 0 saturated heterocycles. The van der Waals surface area contributed by atoms with E-state index in [1.165, 1.54) is 11.1 Å². The molecule has 4 rings (SSSR count). The Balaban J connectivity index is 0.000000126. The summed E-state index contributed by atoms with van der Waals surface area (Å²) in [5.41, 5.74) is 4.63. The van der Waals surface area contributed by atoms with Crippen molar-refractivity contribution in [1.82, 2.24) is 0 Å². The van der Waals surface area contributed by atoms with Crippen LogP contribution in [0.4, 0.5) is 0 Å². The van der Waals surface area contributed by atoms with Gasteiger partial charge < -0.3 is 9.47 Å². The van der Waals surface area contributed by atoms with Gasteiger partial charge in [0.2, 0.25) is 0 Å². The Bertz CT molecular complexity index is 609. The second-order valence-electron chi connectivity index (χ2n) is 5.11. The lowest BCUT2D eigenvalue weighted by molar-refractivity contribution is 0.0480. The monoisotopic (exact) mass is 282 g/mol. The highest BCUT2D eigenvalue weighted by atomic mass is 16.5. The highest BCUT2D eigenvalue weighted by molar-refractivity contribution is 5.91. The average Bonchev–Trinajstić information content (AvgIpc) is 2.56. The molecule has 0 aromatic heterocycles. The molecule has 2 aromatic rings. The van der Waals surface area contributed by atoms with E-state index >= 15 is 0 Å². The van der Waals surface area contributed by atoms with Crippen LogP contribution in [0.5, 0.6) is 0 Å². The normalized spacial score (nSPS) is 15.9. The zero-order chi connectivity index (χ0) is 14.5. The lowest BCUT2D eigenvalue weighted by Crippen LogP contribution is -2.16. The van der Waals surface area contributed by atoms with Crippen LogP contribution in [0.25, 0.3) is 0 Å². The Morgan fingerprint density at radius 2 is 1.43 bits per heavy atom. The van der Waals surface area contributed by atoms with E-state index in [0.29, 0.717) is 6.61 Å². The molecule has 0 aliphatic carbocycles. The molecular weight excluding hydrogens is 264 g/mol. The number of rotatable bonds is 0. The minimum absolute atomic E-state index is 0.188. The summed E-state index contributed by atoms with van der Waals surface area (Å²) in [6, 6.07) is 16.0. The molecule has 3 heteroatoms. The molecule has 0 spiro atoms. The van der Waals surface area contributed by atoms with E-state index in [2.05, 4.69) is 24.3 Å². The van der Waals surface area contributed by atoms with Crippen molar-refractivity contribution in [2.45, 2.75) is 19.4 Å². The smallest absolute Gasteiger partial charge is 0.338 e. The van der Waals surface area contributed by atoms with Crippen LogP contribution in [0.15, 0.2) is 48.5 Å². The first-order valence-electron chi connectivity index (χ1n) is 7.24. The minimum Gasteiger partial charge on any atom is -0.462 e. The summed E-state index contributed by atoms with van der Waals surface area (Å²) < 4.78 is 10.2. The highest BCUT2D eigenvalue weighted by Gasteiger charge is 2.16. The Morgan fingerprint density at radius 1 is 0.762 bits per heavy atom. The van der Waals surface area contributed by atoms with Crippen LogP contribution in [-0.2, 0) is 28.9 Å². The van der Waals surface area contributed by atoms with Crippen LogP contribution in [0, 0.1) is 0 Å². The van der Waals surface area contributed by atoms with Crippen molar-refractivity contribution in [1.29, 1.82) is 0 Å². The number of carbonyl (C=O) groups is 1. The van der Waals surface area contributed by atoms with Crippen LogP contribution in [0.1, 0.15) is 27.0 Å². The summed E-state index contributed by atoms with van der Waals surface area (Å²) in [7, 11) is 0. The van der Waals surface area contributed by atoms with Crippen molar-refractivity contribution >= 4 is 5.97 Å². The van der Waals surface area contributed by atoms with Gasteiger partial charge in [-0.1, -0.05) is 42.5 Å². The number of hydrogen-bond donors (Lipinski definition) is 0. The van der Waals surface area contributed by atoms with Crippen LogP contribution < -0.4 is 0 Å². The third kappa shape index (κ3) is 3.31. The molecule has 0 fully saturated rings. The summed E-state index contributed by atoms with van der Waals surface area (Å²) in [4.78, 5) is 11.1. The third-order valence-electron chi connectivity index (χ3n) is 3.73. The van der Waals surface area contributed by atoms with Gasteiger partial charge in [-0.05, 0) is 29.2 Å². The molecule has 0 N–H and O–H groups in total. The van der Waals surface area contributed by atoms with E-state index in [4.69, 9.17) is 9.47 Å². The van der Waals surface area contributed by atoms with Gasteiger partial charge in [0.25, 0.3) is 0 Å². The van der Waals surface area contributed by atoms with Gasteiger partial charge in [0.05, 0.1) is 25.4 Å². The molecule has 21 heavy (non-hydrogen) atoms. The number of esters is 1. The molecule has 0 atom stereocenters. The van der Waals surface area contributed by atoms with Crippen molar-refractivity contribution < 1.29 is 14.3 Å². The number of hydrogen-bond acceptors (Lipinski definition) is 3. The second-order valence-corrected chi connectivity index (χ2v) is 5.11. The molecule has 3 nitrogen and oxygen atoms in total. The topological polar surface area (TPSA) is 35.5 Å². The molecule has 0 radical (unpaired) electrons. The SMILES string of the molecule is O=C1OCCc2ccccc21.c1ccc2c(c1)CCOC2. The van der Waals surface area contributed by atoms with Crippen molar-refractivity contribution in [2.75, 3.05) is 13.2 Å². The quantitative estimate of drug-likeness (QED) is 0.696. The van der Waals surface area contributed by atoms with Crippen LogP contribution in [-0.4, -0.2) is 19.2 Å². The van der Waals surface area contributed by atoms with E-state index in [-0.39, 0.29) is 5.97 Å². The average molecular weight is 282 g/mol. The molecular formula is C18H18O3. The zero-order valence-corrected chi connectivity index (χ0v) is 11.9. The summed E-state index contributed by atoms with van der Waals surface area (Å²) >= 11 is 0. The van der Waals surface area contributed by atoms with Crippen molar-refractivity contribution in [3.8, 4) is 0 Å². The van der Waals surface area contributed by atoms with E-state index in [9.17, 15) is 4.79 Å². The first-order chi connectivity index (χ1) is 10.3. The third-order valence-corrected chi connectivity index (χ3v) is 3.73. The largest absolute Gasteiger partial charge is 0.462 e. The number of fused-ring (bicyclic) bond motifs is 2. The summed E-state index contributed by atoms with van der Waals surface area (Å²) in [5.74, 6) is -0.188. The Kier molecular flexibility index (Phi) is 4.31. The molecule has 2 heterocycles. The highest BCUT2D eigenvalue weighted by Crippen LogP contribution is 2.16. The van der Waals surface area contributed by atoms with E-state index in [0.717, 1.165) is 37.2 Å². The zero-order valence-electron chi connectivity index (χ0n) is 11.9. The number of carbonyl (C=O) groups excluding carboxylic acids is 1. The molecule has 2 aliphatic heterocycles. The fraction of sp³-hybridized carbons (Fsp3) is 0.278. The van der Waals surface area contributed by atoms with E-state index < -0.39 is 0 Å². The van der Waals surface area contributed by atoms with Gasteiger partial charge in [-0.25, -0.2) is 4.79 Å². The van der Waals surface area contributed by atoms with E-state index in [1.54, 1.807) is 6.07 Å². The van der Waals surface area contributed by atoms with Crippen LogP contribution >= 0.6 is 0 Å². The summed E-state index contributed by atoms with van der Waals surface area (Å²) in [5, 5.41) is 0. The minimum atomic E-state index is -0.188. The van der Waals surface area contributed by atoms with Gasteiger partial charge in [-0.2, -0.15) is 0 Å². The van der Waals surface area contributed by atoms with Gasteiger partial charge in [-0.15, -0.1) is 0 Å². The Hall–Kier alpha value is -2.13. The maximum absolute atomic E-state index is 11.1. The van der Waals surface area contributed by atoms with Gasteiger partial charge in [0.15, 0.2) is 0 Å². The molecule has 0 bridgehead atoms. The number of cyclic esters (lactones) is 1. The first-order valence-corrected chi connectivity index (χ1v) is 7.24. The molecule has 2 aromatic carbocycles. The van der Waals surface area contributed by atoms with Crippen molar-refractivity contribution in [3.63, 3.8) is 0 Å². The van der Waals surface area contributed by atoms with Gasteiger partial charge >= 0.3 is 5.97 Å². The van der Waals surface area contributed by atoms with Gasteiger partial charge in [-0.3, -0.25) is 0 Å². The number of benzene rings is 2. The Morgan fingerprint density at radius 3 is 2.19 bits per heavy atom. The lowest BCUT2D eigenvalue weighted by atomic mass is 10.0. The fourth-order valence-electron chi connectivity index (χ4n) is 2.58. The molecule has 0 saturated carbocycles. The molecule has 2 aliphatic rings. The maximum Gasteiger partial charge on any atom is 0.338 e. The first kappa shape index (κ1) is 13.8. The van der Waals surface area contributed by atoms with Gasteiger partial charge in [0.1, 0.15) is 0 Å².